The number of hydrogen-bond acceptors (Lipinski definition) is 4. The number of rotatable bonds is 2. The molecule has 0 fully saturated rings. The fourth-order valence-electron chi connectivity index (χ4n) is 1.38. The van der Waals surface area contributed by atoms with E-state index in [2.05, 4.69) is 4.98 Å². The summed E-state index contributed by atoms with van der Waals surface area (Å²) in [6, 6.07) is 4.94. The molecule has 0 aliphatic heterocycles. The van der Waals surface area contributed by atoms with Crippen LogP contribution in [-0.4, -0.2) is 17.2 Å². The number of benzene rings is 1. The summed E-state index contributed by atoms with van der Waals surface area (Å²) >= 11 is 5.96. The highest BCUT2D eigenvalue weighted by atomic mass is 35.5. The van der Waals surface area contributed by atoms with E-state index in [0.29, 0.717) is 16.3 Å². The minimum atomic E-state index is -0.755. The van der Waals surface area contributed by atoms with E-state index in [4.69, 9.17) is 20.8 Å². The van der Waals surface area contributed by atoms with Gasteiger partial charge in [-0.05, 0) is 12.1 Å². The van der Waals surface area contributed by atoms with Crippen molar-refractivity contribution in [1.29, 1.82) is 0 Å². The lowest BCUT2D eigenvalue weighted by Crippen LogP contribution is -1.93. The molecule has 0 aliphatic rings. The van der Waals surface area contributed by atoms with Gasteiger partial charge in [0.05, 0.1) is 17.7 Å². The Morgan fingerprint density at radius 1 is 1.50 bits per heavy atom. The normalized spacial score (nSPS) is 10.4. The van der Waals surface area contributed by atoms with E-state index in [1.165, 1.54) is 7.11 Å². The monoisotopic (exact) mass is 241 g/mol. The molecule has 6 heteroatoms. The molecule has 0 radical (unpaired) electrons. The van der Waals surface area contributed by atoms with Crippen LogP contribution < -0.4 is 10.5 Å². The standard InChI is InChI=1S/C10H8ClNO4/c1-15-6-4-2-3-5(11)7(6)8-9(13)12-10(14)16-8/h2-4,13H,1H3,(H,12,14). The number of ether oxygens (including phenoxy) is 1. The van der Waals surface area contributed by atoms with E-state index < -0.39 is 5.76 Å². The summed E-state index contributed by atoms with van der Waals surface area (Å²) in [4.78, 5) is 13.0. The second-order valence-electron chi connectivity index (χ2n) is 3.01. The predicted molar refractivity (Wildman–Crippen MR) is 58.0 cm³/mol. The molecular formula is C10H8ClNO4. The van der Waals surface area contributed by atoms with Crippen molar-refractivity contribution in [2.75, 3.05) is 7.11 Å². The number of halogens is 1. The number of aromatic hydroxyl groups is 1. The number of nitrogens with one attached hydrogen (secondary N) is 1. The summed E-state index contributed by atoms with van der Waals surface area (Å²) in [6.45, 7) is 0. The molecule has 0 saturated carbocycles. The molecule has 0 atom stereocenters. The fraction of sp³-hybridized carbons (Fsp3) is 0.100. The van der Waals surface area contributed by atoms with Crippen molar-refractivity contribution in [3.63, 3.8) is 0 Å². The molecule has 2 rings (SSSR count). The smallest absolute Gasteiger partial charge is 0.419 e. The van der Waals surface area contributed by atoms with Gasteiger partial charge in [-0.25, -0.2) is 4.79 Å². The highest BCUT2D eigenvalue weighted by Gasteiger charge is 2.19. The van der Waals surface area contributed by atoms with E-state index in [1.807, 2.05) is 0 Å². The van der Waals surface area contributed by atoms with E-state index in [1.54, 1.807) is 18.2 Å². The molecule has 0 amide bonds. The largest absolute Gasteiger partial charge is 0.496 e. The predicted octanol–water partition coefficient (Wildman–Crippen LogP) is 2.00. The minimum absolute atomic E-state index is 0.0348. The number of hydrogen-bond donors (Lipinski definition) is 2. The highest BCUT2D eigenvalue weighted by Crippen LogP contribution is 2.39. The Hall–Kier alpha value is -1.88. The molecule has 2 aromatic rings. The summed E-state index contributed by atoms with van der Waals surface area (Å²) < 4.78 is 9.87. The summed E-state index contributed by atoms with van der Waals surface area (Å²) in [7, 11) is 1.46. The van der Waals surface area contributed by atoms with Gasteiger partial charge in [0.15, 0.2) is 0 Å². The van der Waals surface area contributed by atoms with Gasteiger partial charge in [-0.3, -0.25) is 4.98 Å². The quantitative estimate of drug-likeness (QED) is 0.843. The Labute approximate surface area is 95.2 Å². The van der Waals surface area contributed by atoms with Gasteiger partial charge < -0.3 is 14.3 Å². The van der Waals surface area contributed by atoms with E-state index in [9.17, 15) is 9.90 Å². The molecule has 1 aromatic heterocycles. The van der Waals surface area contributed by atoms with Gasteiger partial charge in [-0.15, -0.1) is 0 Å². The maximum absolute atomic E-state index is 10.9. The van der Waals surface area contributed by atoms with Crippen LogP contribution in [0.1, 0.15) is 0 Å². The Kier molecular flexibility index (Phi) is 2.62. The molecule has 84 valence electrons. The first-order chi connectivity index (χ1) is 7.63. The van der Waals surface area contributed by atoms with Crippen LogP contribution in [0.15, 0.2) is 27.4 Å². The fourth-order valence-corrected chi connectivity index (χ4v) is 1.64. The minimum Gasteiger partial charge on any atom is -0.496 e. The molecule has 5 nitrogen and oxygen atoms in total. The van der Waals surface area contributed by atoms with Crippen molar-refractivity contribution in [2.45, 2.75) is 0 Å². The maximum Gasteiger partial charge on any atom is 0.419 e. The summed E-state index contributed by atoms with van der Waals surface area (Å²) in [6.07, 6.45) is 0. The summed E-state index contributed by atoms with van der Waals surface area (Å²) in [5.41, 5.74) is 0.336. The topological polar surface area (TPSA) is 75.5 Å². The van der Waals surface area contributed by atoms with Crippen LogP contribution in [-0.2, 0) is 0 Å². The SMILES string of the molecule is COc1cccc(Cl)c1-c1oc(=O)[nH]c1O. The maximum atomic E-state index is 10.9. The van der Waals surface area contributed by atoms with Crippen LogP contribution in [0.4, 0.5) is 0 Å². The Balaban J connectivity index is 2.72. The molecule has 0 unspecified atom stereocenters. The van der Waals surface area contributed by atoms with Crippen LogP contribution in [0, 0.1) is 0 Å². The van der Waals surface area contributed by atoms with Crippen LogP contribution in [0.25, 0.3) is 11.3 Å². The van der Waals surface area contributed by atoms with Crippen LogP contribution in [0.5, 0.6) is 11.6 Å². The molecule has 2 N–H and O–H groups in total. The first kappa shape index (κ1) is 10.6. The average Bonchev–Trinajstić information content (AvgIpc) is 2.57. The van der Waals surface area contributed by atoms with Crippen molar-refractivity contribution in [1.82, 2.24) is 4.98 Å². The first-order valence-corrected chi connectivity index (χ1v) is 4.76. The summed E-state index contributed by atoms with van der Waals surface area (Å²) in [5.74, 6) is -0.760. The Morgan fingerprint density at radius 3 is 2.81 bits per heavy atom. The number of aromatic nitrogens is 1. The molecule has 0 bridgehead atoms. The van der Waals surface area contributed by atoms with Crippen molar-refractivity contribution in [3.8, 4) is 23.0 Å². The van der Waals surface area contributed by atoms with Crippen LogP contribution in [0.2, 0.25) is 5.02 Å². The van der Waals surface area contributed by atoms with Crippen molar-refractivity contribution in [2.24, 2.45) is 0 Å². The van der Waals surface area contributed by atoms with Gasteiger partial charge in [-0.1, -0.05) is 17.7 Å². The van der Waals surface area contributed by atoms with Crippen molar-refractivity contribution < 1.29 is 14.3 Å². The van der Waals surface area contributed by atoms with E-state index >= 15 is 0 Å². The van der Waals surface area contributed by atoms with Gasteiger partial charge >= 0.3 is 5.76 Å². The van der Waals surface area contributed by atoms with Gasteiger partial charge in [-0.2, -0.15) is 0 Å². The zero-order valence-electron chi connectivity index (χ0n) is 8.28. The lowest BCUT2D eigenvalue weighted by Gasteiger charge is -2.07. The van der Waals surface area contributed by atoms with Gasteiger partial charge in [0.25, 0.3) is 0 Å². The Bertz CT molecular complexity index is 572. The molecular weight excluding hydrogens is 234 g/mol. The van der Waals surface area contributed by atoms with Crippen molar-refractivity contribution in [3.05, 3.63) is 33.8 Å². The van der Waals surface area contributed by atoms with Gasteiger partial charge in [0.1, 0.15) is 5.75 Å². The summed E-state index contributed by atoms with van der Waals surface area (Å²) in [5, 5.41) is 9.78. The van der Waals surface area contributed by atoms with E-state index in [0.717, 1.165) is 0 Å². The number of oxazole rings is 1. The molecule has 1 aromatic carbocycles. The molecule has 1 heterocycles. The molecule has 0 spiro atoms. The van der Waals surface area contributed by atoms with Crippen LogP contribution in [0.3, 0.4) is 0 Å². The molecule has 0 aliphatic carbocycles. The third-order valence-corrected chi connectivity index (χ3v) is 2.37. The van der Waals surface area contributed by atoms with Crippen molar-refractivity contribution >= 4 is 11.6 Å². The lowest BCUT2D eigenvalue weighted by molar-refractivity contribution is 0.412. The average molecular weight is 242 g/mol. The number of H-pyrrole nitrogens is 1. The molecule has 16 heavy (non-hydrogen) atoms. The second kappa shape index (κ2) is 3.94. The Morgan fingerprint density at radius 2 is 2.25 bits per heavy atom. The zero-order valence-corrected chi connectivity index (χ0v) is 9.04. The molecule has 0 saturated heterocycles. The zero-order chi connectivity index (χ0) is 11.7. The van der Waals surface area contributed by atoms with Crippen LogP contribution >= 0.6 is 11.6 Å². The lowest BCUT2D eigenvalue weighted by atomic mass is 10.1. The number of aromatic amines is 1. The van der Waals surface area contributed by atoms with Gasteiger partial charge in [0.2, 0.25) is 11.6 Å². The third kappa shape index (κ3) is 1.65. The third-order valence-electron chi connectivity index (χ3n) is 2.05. The second-order valence-corrected chi connectivity index (χ2v) is 3.42. The number of methoxy groups -OCH3 is 1. The first-order valence-electron chi connectivity index (χ1n) is 4.38. The van der Waals surface area contributed by atoms with Gasteiger partial charge in [0, 0.05) is 0 Å². The van der Waals surface area contributed by atoms with E-state index in [-0.39, 0.29) is 11.6 Å². The highest BCUT2D eigenvalue weighted by molar-refractivity contribution is 6.33.